The van der Waals surface area contributed by atoms with Crippen LogP contribution in [0, 0.1) is 25.2 Å². The zero-order valence-electron chi connectivity index (χ0n) is 8.73. The monoisotopic (exact) mass is 197 g/mol. The summed E-state index contributed by atoms with van der Waals surface area (Å²) in [4.78, 5) is 0. The fourth-order valence-electron chi connectivity index (χ4n) is 1.61. The van der Waals surface area contributed by atoms with E-state index in [2.05, 4.69) is 11.2 Å². The summed E-state index contributed by atoms with van der Waals surface area (Å²) < 4.78 is 1.72. The van der Waals surface area contributed by atoms with Crippen LogP contribution in [-0.4, -0.2) is 9.78 Å². The highest BCUT2D eigenvalue weighted by atomic mass is 15.3. The molecule has 0 saturated heterocycles. The lowest BCUT2D eigenvalue weighted by molar-refractivity contribution is 0.870. The predicted molar refractivity (Wildman–Crippen MR) is 57.8 cm³/mol. The van der Waals surface area contributed by atoms with Gasteiger partial charge in [-0.1, -0.05) is 6.07 Å². The number of hydrogen-bond acceptors (Lipinski definition) is 2. The zero-order chi connectivity index (χ0) is 10.8. The molecule has 0 fully saturated rings. The molecule has 15 heavy (non-hydrogen) atoms. The Morgan fingerprint density at radius 3 is 2.40 bits per heavy atom. The maximum absolute atomic E-state index is 8.68. The van der Waals surface area contributed by atoms with Gasteiger partial charge in [0.05, 0.1) is 5.69 Å². The highest BCUT2D eigenvalue weighted by Gasteiger charge is 2.01. The zero-order valence-corrected chi connectivity index (χ0v) is 8.73. The summed E-state index contributed by atoms with van der Waals surface area (Å²) in [6.07, 6.45) is 1.80. The van der Waals surface area contributed by atoms with Crippen molar-refractivity contribution in [3.63, 3.8) is 0 Å². The second kappa shape index (κ2) is 3.58. The Morgan fingerprint density at radius 2 is 1.87 bits per heavy atom. The lowest BCUT2D eigenvalue weighted by Gasteiger charge is -2.04. The van der Waals surface area contributed by atoms with Gasteiger partial charge in [0.15, 0.2) is 5.69 Å². The Hall–Kier alpha value is -2.08. The van der Waals surface area contributed by atoms with Crippen LogP contribution in [0.3, 0.4) is 0 Å². The second-order valence-electron chi connectivity index (χ2n) is 3.60. The van der Waals surface area contributed by atoms with E-state index in [-0.39, 0.29) is 0 Å². The maximum Gasteiger partial charge on any atom is 0.162 e. The number of hydrogen-bond donors (Lipinski definition) is 0. The Balaban J connectivity index is 2.50. The predicted octanol–water partition coefficient (Wildman–Crippen LogP) is 2.36. The third-order valence-electron chi connectivity index (χ3n) is 2.17. The first kappa shape index (κ1) is 9.47. The summed E-state index contributed by atoms with van der Waals surface area (Å²) in [6, 6.07) is 9.92. The smallest absolute Gasteiger partial charge is 0.162 e. The van der Waals surface area contributed by atoms with Crippen molar-refractivity contribution in [3.05, 3.63) is 47.3 Å². The first-order chi connectivity index (χ1) is 7.19. The first-order valence-corrected chi connectivity index (χ1v) is 4.73. The van der Waals surface area contributed by atoms with E-state index in [1.165, 1.54) is 11.1 Å². The Kier molecular flexibility index (Phi) is 2.26. The SMILES string of the molecule is Cc1cc(C)cc(-n2ccc(C#N)n2)c1. The topological polar surface area (TPSA) is 41.6 Å². The first-order valence-electron chi connectivity index (χ1n) is 4.73. The summed E-state index contributed by atoms with van der Waals surface area (Å²) in [6.45, 7) is 4.09. The molecule has 0 radical (unpaired) electrons. The Morgan fingerprint density at radius 1 is 1.20 bits per heavy atom. The van der Waals surface area contributed by atoms with Crippen LogP contribution >= 0.6 is 0 Å². The molecule has 0 N–H and O–H groups in total. The molecule has 2 rings (SSSR count). The van der Waals surface area contributed by atoms with Crippen LogP contribution in [0.1, 0.15) is 16.8 Å². The fraction of sp³-hybridized carbons (Fsp3) is 0.167. The van der Waals surface area contributed by atoms with Gasteiger partial charge < -0.3 is 0 Å². The molecule has 1 heterocycles. The number of rotatable bonds is 1. The molecule has 0 spiro atoms. The van der Waals surface area contributed by atoms with E-state index in [1.54, 1.807) is 16.9 Å². The van der Waals surface area contributed by atoms with Crippen LogP contribution in [-0.2, 0) is 0 Å². The van der Waals surface area contributed by atoms with Crippen LogP contribution < -0.4 is 0 Å². The Bertz CT molecular complexity index is 512. The van der Waals surface area contributed by atoms with Crippen molar-refractivity contribution in [3.8, 4) is 11.8 Å². The van der Waals surface area contributed by atoms with Crippen molar-refractivity contribution in [2.45, 2.75) is 13.8 Å². The van der Waals surface area contributed by atoms with E-state index in [1.807, 2.05) is 32.0 Å². The number of benzene rings is 1. The third-order valence-corrected chi connectivity index (χ3v) is 2.17. The van der Waals surface area contributed by atoms with E-state index in [9.17, 15) is 0 Å². The number of aromatic nitrogens is 2. The van der Waals surface area contributed by atoms with E-state index < -0.39 is 0 Å². The number of nitriles is 1. The standard InChI is InChI=1S/C12H11N3/c1-9-5-10(2)7-12(6-9)15-4-3-11(8-13)14-15/h3-7H,1-2H3. The minimum atomic E-state index is 0.439. The molecule has 3 heteroatoms. The quantitative estimate of drug-likeness (QED) is 0.704. The van der Waals surface area contributed by atoms with E-state index in [4.69, 9.17) is 5.26 Å². The van der Waals surface area contributed by atoms with Gasteiger partial charge in [0, 0.05) is 6.20 Å². The number of nitrogens with zero attached hydrogens (tertiary/aromatic N) is 3. The van der Waals surface area contributed by atoms with Crippen molar-refractivity contribution in [2.24, 2.45) is 0 Å². The van der Waals surface area contributed by atoms with Crippen molar-refractivity contribution < 1.29 is 0 Å². The van der Waals surface area contributed by atoms with Crippen molar-refractivity contribution >= 4 is 0 Å². The summed E-state index contributed by atoms with van der Waals surface area (Å²) in [5.74, 6) is 0. The van der Waals surface area contributed by atoms with Gasteiger partial charge in [0.1, 0.15) is 6.07 Å². The van der Waals surface area contributed by atoms with Crippen LogP contribution in [0.15, 0.2) is 30.5 Å². The molecule has 0 aliphatic heterocycles. The van der Waals surface area contributed by atoms with Crippen LogP contribution in [0.4, 0.5) is 0 Å². The molecule has 0 atom stereocenters. The fourth-order valence-corrected chi connectivity index (χ4v) is 1.61. The van der Waals surface area contributed by atoms with Crippen molar-refractivity contribution in [2.75, 3.05) is 0 Å². The average Bonchev–Trinajstić information content (AvgIpc) is 2.64. The molecule has 0 aliphatic carbocycles. The van der Waals surface area contributed by atoms with Gasteiger partial charge in [0.25, 0.3) is 0 Å². The van der Waals surface area contributed by atoms with E-state index in [0.717, 1.165) is 5.69 Å². The molecule has 0 amide bonds. The van der Waals surface area contributed by atoms with Gasteiger partial charge in [-0.3, -0.25) is 0 Å². The molecule has 1 aromatic heterocycles. The normalized spacial score (nSPS) is 9.93. The summed E-state index contributed by atoms with van der Waals surface area (Å²) >= 11 is 0. The Labute approximate surface area is 88.6 Å². The largest absolute Gasteiger partial charge is 0.240 e. The third kappa shape index (κ3) is 1.89. The summed E-state index contributed by atoms with van der Waals surface area (Å²) in [7, 11) is 0. The average molecular weight is 197 g/mol. The van der Waals surface area contributed by atoms with Crippen molar-refractivity contribution in [1.82, 2.24) is 9.78 Å². The molecule has 3 nitrogen and oxygen atoms in total. The minimum Gasteiger partial charge on any atom is -0.240 e. The van der Waals surface area contributed by atoms with Gasteiger partial charge in [-0.2, -0.15) is 10.4 Å². The molecule has 0 aliphatic rings. The molecule has 2 aromatic rings. The highest BCUT2D eigenvalue weighted by molar-refractivity contribution is 5.39. The van der Waals surface area contributed by atoms with Crippen LogP contribution in [0.5, 0.6) is 0 Å². The van der Waals surface area contributed by atoms with Gasteiger partial charge in [0.2, 0.25) is 0 Å². The van der Waals surface area contributed by atoms with Crippen molar-refractivity contribution in [1.29, 1.82) is 5.26 Å². The second-order valence-corrected chi connectivity index (χ2v) is 3.60. The lowest BCUT2D eigenvalue weighted by Crippen LogP contribution is -1.96. The van der Waals surface area contributed by atoms with Gasteiger partial charge in [-0.25, -0.2) is 4.68 Å². The summed E-state index contributed by atoms with van der Waals surface area (Å²) in [5, 5.41) is 12.8. The molecule has 0 unspecified atom stereocenters. The van der Waals surface area contributed by atoms with Crippen LogP contribution in [0.25, 0.3) is 5.69 Å². The molecule has 74 valence electrons. The summed E-state index contributed by atoms with van der Waals surface area (Å²) in [5.41, 5.74) is 3.82. The molecule has 0 saturated carbocycles. The van der Waals surface area contributed by atoms with Crippen LogP contribution in [0.2, 0.25) is 0 Å². The number of aryl methyl sites for hydroxylation is 2. The van der Waals surface area contributed by atoms with Gasteiger partial charge >= 0.3 is 0 Å². The van der Waals surface area contributed by atoms with Gasteiger partial charge in [-0.15, -0.1) is 0 Å². The maximum atomic E-state index is 8.68. The highest BCUT2D eigenvalue weighted by Crippen LogP contribution is 2.12. The lowest BCUT2D eigenvalue weighted by atomic mass is 10.1. The molecule has 1 aromatic carbocycles. The molecule has 0 bridgehead atoms. The van der Waals surface area contributed by atoms with E-state index in [0.29, 0.717) is 5.69 Å². The molecular formula is C12H11N3. The van der Waals surface area contributed by atoms with E-state index >= 15 is 0 Å². The minimum absolute atomic E-state index is 0.439. The van der Waals surface area contributed by atoms with Gasteiger partial charge in [-0.05, 0) is 43.2 Å². The molecular weight excluding hydrogens is 186 g/mol.